The fourth-order valence-corrected chi connectivity index (χ4v) is 3.35. The molecule has 0 radical (unpaired) electrons. The smallest absolute Gasteiger partial charge is 0.223 e. The Labute approximate surface area is 142 Å². The summed E-state index contributed by atoms with van der Waals surface area (Å²) >= 11 is 0. The van der Waals surface area contributed by atoms with E-state index in [4.69, 9.17) is 4.42 Å². The summed E-state index contributed by atoms with van der Waals surface area (Å²) in [5.74, 6) is 0.910. The second kappa shape index (κ2) is 7.04. The average Bonchev–Trinajstić information content (AvgIpc) is 3.25. The first-order chi connectivity index (χ1) is 11.6. The molecule has 1 aromatic heterocycles. The van der Waals surface area contributed by atoms with Crippen LogP contribution in [-0.4, -0.2) is 29.2 Å². The summed E-state index contributed by atoms with van der Waals surface area (Å²) in [4.78, 5) is 27.3. The number of carbonyl (C=O) groups excluding carboxylic acids is 2. The number of benzene rings is 1. The number of furan rings is 1. The van der Waals surface area contributed by atoms with Gasteiger partial charge in [-0.2, -0.15) is 0 Å². The number of hydrogen-bond acceptors (Lipinski definition) is 3. The lowest BCUT2D eigenvalue weighted by Crippen LogP contribution is -2.40. The second-order valence-corrected chi connectivity index (χ2v) is 6.51. The molecule has 0 aliphatic carbocycles. The van der Waals surface area contributed by atoms with E-state index in [9.17, 15) is 9.59 Å². The molecular weight excluding hydrogens is 302 g/mol. The van der Waals surface area contributed by atoms with Gasteiger partial charge in [0.25, 0.3) is 0 Å². The first-order valence-corrected chi connectivity index (χ1v) is 8.49. The lowest BCUT2D eigenvalue weighted by molar-refractivity contribution is -0.131. The van der Waals surface area contributed by atoms with Gasteiger partial charge in [0, 0.05) is 24.9 Å². The van der Waals surface area contributed by atoms with Gasteiger partial charge >= 0.3 is 0 Å². The van der Waals surface area contributed by atoms with Crippen LogP contribution in [0.3, 0.4) is 0 Å². The second-order valence-electron chi connectivity index (χ2n) is 6.51. The standard InChI is InChI=1S/C20H23NO3/c1-14-7-8-15(2)17(13-14)20(23)18-6-3-11-21(18)19(22)10-9-16-5-4-12-24-16/h4-5,7-8,12-13,18H,3,6,9-11H2,1-2H3. The molecule has 4 nitrogen and oxygen atoms in total. The van der Waals surface area contributed by atoms with Crippen molar-refractivity contribution in [2.75, 3.05) is 6.54 Å². The monoisotopic (exact) mass is 325 g/mol. The fourth-order valence-electron chi connectivity index (χ4n) is 3.35. The van der Waals surface area contributed by atoms with Crippen molar-refractivity contribution < 1.29 is 14.0 Å². The first-order valence-electron chi connectivity index (χ1n) is 8.49. The normalized spacial score (nSPS) is 17.2. The predicted molar refractivity (Wildman–Crippen MR) is 92.0 cm³/mol. The van der Waals surface area contributed by atoms with Crippen molar-refractivity contribution in [1.29, 1.82) is 0 Å². The molecule has 1 aliphatic heterocycles. The molecule has 2 aromatic rings. The molecule has 4 heteroatoms. The largest absolute Gasteiger partial charge is 0.469 e. The lowest BCUT2D eigenvalue weighted by atomic mass is 9.96. The van der Waals surface area contributed by atoms with Crippen LogP contribution in [0, 0.1) is 13.8 Å². The Bertz CT molecular complexity index is 733. The summed E-state index contributed by atoms with van der Waals surface area (Å²) in [6.45, 7) is 4.60. The van der Waals surface area contributed by atoms with Crippen molar-refractivity contribution in [1.82, 2.24) is 4.90 Å². The van der Waals surface area contributed by atoms with Crippen LogP contribution in [0.4, 0.5) is 0 Å². The molecule has 126 valence electrons. The Morgan fingerprint density at radius 3 is 2.83 bits per heavy atom. The van der Waals surface area contributed by atoms with Crippen molar-refractivity contribution >= 4 is 11.7 Å². The molecule has 24 heavy (non-hydrogen) atoms. The average molecular weight is 325 g/mol. The van der Waals surface area contributed by atoms with Gasteiger partial charge in [-0.3, -0.25) is 9.59 Å². The van der Waals surface area contributed by atoms with E-state index in [0.717, 1.165) is 35.3 Å². The summed E-state index contributed by atoms with van der Waals surface area (Å²) in [6, 6.07) is 9.28. The molecule has 1 amide bonds. The molecule has 0 spiro atoms. The zero-order chi connectivity index (χ0) is 17.1. The molecule has 3 rings (SSSR count). The fraction of sp³-hybridized carbons (Fsp3) is 0.400. The van der Waals surface area contributed by atoms with Crippen molar-refractivity contribution in [2.45, 2.75) is 45.6 Å². The molecule has 0 bridgehead atoms. The zero-order valence-electron chi connectivity index (χ0n) is 14.2. The Balaban J connectivity index is 1.71. The van der Waals surface area contributed by atoms with E-state index in [-0.39, 0.29) is 17.7 Å². The van der Waals surface area contributed by atoms with Gasteiger partial charge < -0.3 is 9.32 Å². The summed E-state index contributed by atoms with van der Waals surface area (Å²) in [5, 5.41) is 0. The molecule has 0 N–H and O–H groups in total. The van der Waals surface area contributed by atoms with Gasteiger partial charge in [-0.1, -0.05) is 17.7 Å². The van der Waals surface area contributed by atoms with Gasteiger partial charge in [0.2, 0.25) is 5.91 Å². The van der Waals surface area contributed by atoms with Crippen LogP contribution in [0.1, 0.15) is 46.5 Å². The number of rotatable bonds is 5. The van der Waals surface area contributed by atoms with E-state index in [2.05, 4.69) is 0 Å². The maximum absolute atomic E-state index is 13.0. The third-order valence-corrected chi connectivity index (χ3v) is 4.70. The van der Waals surface area contributed by atoms with Gasteiger partial charge in [-0.05, 0) is 50.5 Å². The number of ketones is 1. The third-order valence-electron chi connectivity index (χ3n) is 4.70. The van der Waals surface area contributed by atoms with E-state index < -0.39 is 0 Å². The van der Waals surface area contributed by atoms with Crippen LogP contribution in [0.2, 0.25) is 0 Å². The van der Waals surface area contributed by atoms with Crippen molar-refractivity contribution in [3.05, 3.63) is 59.0 Å². The highest BCUT2D eigenvalue weighted by Gasteiger charge is 2.34. The van der Waals surface area contributed by atoms with Crippen LogP contribution >= 0.6 is 0 Å². The van der Waals surface area contributed by atoms with Crippen molar-refractivity contribution in [3.63, 3.8) is 0 Å². The molecule has 1 atom stereocenters. The molecule has 1 unspecified atom stereocenters. The Kier molecular flexibility index (Phi) is 4.84. The maximum Gasteiger partial charge on any atom is 0.223 e. The molecule has 1 aromatic carbocycles. The van der Waals surface area contributed by atoms with Gasteiger partial charge in [0.1, 0.15) is 5.76 Å². The molecular formula is C20H23NO3. The van der Waals surface area contributed by atoms with Crippen molar-refractivity contribution in [3.8, 4) is 0 Å². The highest BCUT2D eigenvalue weighted by molar-refractivity contribution is 6.03. The Morgan fingerprint density at radius 1 is 1.25 bits per heavy atom. The highest BCUT2D eigenvalue weighted by atomic mass is 16.3. The minimum Gasteiger partial charge on any atom is -0.469 e. The number of likely N-dealkylation sites (tertiary alicyclic amines) is 1. The number of amides is 1. The zero-order valence-corrected chi connectivity index (χ0v) is 14.2. The van der Waals surface area contributed by atoms with Crippen LogP contribution in [0.25, 0.3) is 0 Å². The van der Waals surface area contributed by atoms with Gasteiger partial charge in [-0.25, -0.2) is 0 Å². The lowest BCUT2D eigenvalue weighted by Gasteiger charge is -2.24. The Hall–Kier alpha value is -2.36. The summed E-state index contributed by atoms with van der Waals surface area (Å²) in [6.07, 6.45) is 4.20. The summed E-state index contributed by atoms with van der Waals surface area (Å²) in [7, 11) is 0. The molecule has 0 saturated carbocycles. The van der Waals surface area contributed by atoms with Crippen LogP contribution in [0.5, 0.6) is 0 Å². The number of hydrogen-bond donors (Lipinski definition) is 0. The maximum atomic E-state index is 13.0. The first kappa shape index (κ1) is 16.5. The van der Waals surface area contributed by atoms with Gasteiger partial charge in [0.15, 0.2) is 5.78 Å². The minimum absolute atomic E-state index is 0.0348. The van der Waals surface area contributed by atoms with E-state index >= 15 is 0 Å². The third kappa shape index (κ3) is 3.42. The van der Waals surface area contributed by atoms with Crippen LogP contribution < -0.4 is 0 Å². The highest BCUT2D eigenvalue weighted by Crippen LogP contribution is 2.24. The van der Waals surface area contributed by atoms with E-state index in [1.807, 2.05) is 44.2 Å². The quantitative estimate of drug-likeness (QED) is 0.788. The van der Waals surface area contributed by atoms with Gasteiger partial charge in [-0.15, -0.1) is 0 Å². The van der Waals surface area contributed by atoms with E-state index in [1.54, 1.807) is 11.2 Å². The minimum atomic E-state index is -0.324. The van der Waals surface area contributed by atoms with E-state index in [1.165, 1.54) is 0 Å². The predicted octanol–water partition coefficient (Wildman–Crippen LogP) is 3.70. The number of aryl methyl sites for hydroxylation is 3. The van der Waals surface area contributed by atoms with Crippen molar-refractivity contribution in [2.24, 2.45) is 0 Å². The summed E-state index contributed by atoms with van der Waals surface area (Å²) in [5.41, 5.74) is 2.78. The summed E-state index contributed by atoms with van der Waals surface area (Å²) < 4.78 is 5.28. The molecule has 1 fully saturated rings. The number of Topliss-reactive ketones (excluding diaryl/α,β-unsaturated/α-hetero) is 1. The van der Waals surface area contributed by atoms with Gasteiger partial charge in [0.05, 0.1) is 12.3 Å². The van der Waals surface area contributed by atoms with Crippen LogP contribution in [0.15, 0.2) is 41.0 Å². The van der Waals surface area contributed by atoms with Crippen LogP contribution in [-0.2, 0) is 11.2 Å². The Morgan fingerprint density at radius 2 is 2.08 bits per heavy atom. The molecule has 1 saturated heterocycles. The van der Waals surface area contributed by atoms with E-state index in [0.29, 0.717) is 19.4 Å². The number of carbonyl (C=O) groups is 2. The number of nitrogens with zero attached hydrogens (tertiary/aromatic N) is 1. The topological polar surface area (TPSA) is 50.5 Å². The SMILES string of the molecule is Cc1ccc(C)c(C(=O)C2CCCN2C(=O)CCc2ccco2)c1. The molecule has 2 heterocycles. The molecule has 1 aliphatic rings.